The fraction of sp³-hybridized carbons (Fsp3) is 0.375. The molecule has 5 nitrogen and oxygen atoms in total. The van der Waals surface area contributed by atoms with E-state index in [9.17, 15) is 4.79 Å². The van der Waals surface area contributed by atoms with Crippen molar-refractivity contribution < 1.29 is 9.90 Å². The number of hydrogen-bond donors (Lipinski definition) is 2. The van der Waals surface area contributed by atoms with Crippen molar-refractivity contribution in [2.24, 2.45) is 0 Å². The van der Waals surface area contributed by atoms with Crippen LogP contribution in [0.2, 0.25) is 0 Å². The lowest BCUT2D eigenvalue weighted by atomic mass is 10.3. The SMILES string of the molecule is Nc1cc(C2CC2)nc(C(=O)O)n1. The molecule has 1 heterocycles. The van der Waals surface area contributed by atoms with E-state index in [4.69, 9.17) is 10.8 Å². The molecule has 1 fully saturated rings. The summed E-state index contributed by atoms with van der Waals surface area (Å²) in [4.78, 5) is 18.1. The molecule has 2 rings (SSSR count). The van der Waals surface area contributed by atoms with Gasteiger partial charge in [-0.05, 0) is 12.8 Å². The summed E-state index contributed by atoms with van der Waals surface area (Å²) in [6.07, 6.45) is 2.13. The largest absolute Gasteiger partial charge is 0.475 e. The lowest BCUT2D eigenvalue weighted by Gasteiger charge is -2.00. The Labute approximate surface area is 74.6 Å². The zero-order valence-corrected chi connectivity index (χ0v) is 6.90. The quantitative estimate of drug-likeness (QED) is 0.695. The van der Waals surface area contributed by atoms with Gasteiger partial charge in [-0.15, -0.1) is 0 Å². The average molecular weight is 179 g/mol. The van der Waals surface area contributed by atoms with Crippen LogP contribution in [0.4, 0.5) is 5.82 Å². The molecule has 0 aromatic carbocycles. The minimum absolute atomic E-state index is 0.207. The minimum atomic E-state index is -1.13. The Morgan fingerprint density at radius 3 is 2.77 bits per heavy atom. The van der Waals surface area contributed by atoms with Gasteiger partial charge in [0.1, 0.15) is 5.82 Å². The molecule has 1 aliphatic rings. The Hall–Kier alpha value is -1.65. The number of carbonyl (C=O) groups is 1. The van der Waals surface area contributed by atoms with Crippen molar-refractivity contribution in [3.05, 3.63) is 17.6 Å². The summed E-state index contributed by atoms with van der Waals surface area (Å²) in [5.41, 5.74) is 6.20. The first-order valence-corrected chi connectivity index (χ1v) is 4.04. The summed E-state index contributed by atoms with van der Waals surface area (Å²) in [5, 5.41) is 8.66. The van der Waals surface area contributed by atoms with Gasteiger partial charge in [-0.2, -0.15) is 0 Å². The third-order valence-electron chi connectivity index (χ3n) is 1.95. The van der Waals surface area contributed by atoms with Gasteiger partial charge < -0.3 is 10.8 Å². The van der Waals surface area contributed by atoms with Gasteiger partial charge in [-0.3, -0.25) is 0 Å². The number of aromatic nitrogens is 2. The summed E-state index contributed by atoms with van der Waals surface area (Å²) in [6.45, 7) is 0. The molecule has 1 saturated carbocycles. The van der Waals surface area contributed by atoms with Gasteiger partial charge in [0, 0.05) is 17.7 Å². The molecule has 0 bridgehead atoms. The van der Waals surface area contributed by atoms with E-state index in [1.54, 1.807) is 6.07 Å². The maximum atomic E-state index is 10.6. The molecule has 0 unspecified atom stereocenters. The standard InChI is InChI=1S/C8H9N3O2/c9-6-3-5(4-1-2-4)10-7(11-6)8(12)13/h3-4H,1-2H2,(H,12,13)(H2,9,10,11). The zero-order chi connectivity index (χ0) is 9.42. The molecule has 1 aliphatic carbocycles. The van der Waals surface area contributed by atoms with E-state index in [1.165, 1.54) is 0 Å². The highest BCUT2D eigenvalue weighted by molar-refractivity contribution is 5.83. The van der Waals surface area contributed by atoms with E-state index < -0.39 is 5.97 Å². The Morgan fingerprint density at radius 1 is 1.54 bits per heavy atom. The molecule has 13 heavy (non-hydrogen) atoms. The fourth-order valence-electron chi connectivity index (χ4n) is 1.17. The highest BCUT2D eigenvalue weighted by Gasteiger charge is 2.26. The Balaban J connectivity index is 2.41. The molecule has 1 aromatic rings. The molecule has 1 aromatic heterocycles. The van der Waals surface area contributed by atoms with Crippen molar-refractivity contribution in [3.8, 4) is 0 Å². The lowest BCUT2D eigenvalue weighted by Crippen LogP contribution is -2.08. The van der Waals surface area contributed by atoms with Crippen LogP contribution < -0.4 is 5.73 Å². The third kappa shape index (κ3) is 1.58. The van der Waals surface area contributed by atoms with Crippen molar-refractivity contribution in [2.45, 2.75) is 18.8 Å². The normalized spacial score (nSPS) is 15.7. The Bertz CT molecular complexity index is 360. The van der Waals surface area contributed by atoms with Gasteiger partial charge in [0.05, 0.1) is 0 Å². The topological polar surface area (TPSA) is 89.1 Å². The second kappa shape index (κ2) is 2.69. The number of rotatable bonds is 2. The van der Waals surface area contributed by atoms with Crippen molar-refractivity contribution in [1.29, 1.82) is 0 Å². The van der Waals surface area contributed by atoms with Crippen LogP contribution in [0, 0.1) is 0 Å². The van der Waals surface area contributed by atoms with Gasteiger partial charge in [-0.25, -0.2) is 14.8 Å². The van der Waals surface area contributed by atoms with Crippen molar-refractivity contribution >= 4 is 11.8 Å². The van der Waals surface area contributed by atoms with E-state index >= 15 is 0 Å². The van der Waals surface area contributed by atoms with E-state index in [1.807, 2.05) is 0 Å². The van der Waals surface area contributed by atoms with Crippen molar-refractivity contribution in [3.63, 3.8) is 0 Å². The maximum Gasteiger partial charge on any atom is 0.374 e. The molecule has 5 heteroatoms. The first kappa shape index (κ1) is 7.97. The smallest absolute Gasteiger partial charge is 0.374 e. The molecule has 0 atom stereocenters. The summed E-state index contributed by atoms with van der Waals surface area (Å²) in [5.74, 6) is -0.714. The first-order valence-electron chi connectivity index (χ1n) is 4.04. The highest BCUT2D eigenvalue weighted by Crippen LogP contribution is 2.39. The summed E-state index contributed by atoms with van der Waals surface area (Å²) in [7, 11) is 0. The number of aromatic carboxylic acids is 1. The Morgan fingerprint density at radius 2 is 2.23 bits per heavy atom. The van der Waals surface area contributed by atoms with Crippen molar-refractivity contribution in [2.75, 3.05) is 5.73 Å². The van der Waals surface area contributed by atoms with Crippen LogP contribution in [-0.4, -0.2) is 21.0 Å². The van der Waals surface area contributed by atoms with Gasteiger partial charge >= 0.3 is 5.97 Å². The first-order chi connectivity index (χ1) is 6.16. The molecular formula is C8H9N3O2. The lowest BCUT2D eigenvalue weighted by molar-refractivity contribution is 0.0683. The Kier molecular flexibility index (Phi) is 1.65. The maximum absolute atomic E-state index is 10.6. The number of nitrogens with zero attached hydrogens (tertiary/aromatic N) is 2. The van der Waals surface area contributed by atoms with Crippen LogP contribution >= 0.6 is 0 Å². The molecule has 0 radical (unpaired) electrons. The van der Waals surface area contributed by atoms with E-state index in [2.05, 4.69) is 9.97 Å². The molecule has 68 valence electrons. The number of anilines is 1. The molecule has 3 N–H and O–H groups in total. The molecule has 0 saturated heterocycles. The van der Waals surface area contributed by atoms with Gasteiger partial charge in [0.25, 0.3) is 0 Å². The van der Waals surface area contributed by atoms with Gasteiger partial charge in [0.2, 0.25) is 5.82 Å². The third-order valence-corrected chi connectivity index (χ3v) is 1.95. The second-order valence-corrected chi connectivity index (χ2v) is 3.12. The predicted octanol–water partition coefficient (Wildman–Crippen LogP) is 0.634. The molecule has 0 spiro atoms. The minimum Gasteiger partial charge on any atom is -0.475 e. The molecule has 0 amide bonds. The number of nitrogens with two attached hydrogens (primary N) is 1. The summed E-state index contributed by atoms with van der Waals surface area (Å²) < 4.78 is 0. The highest BCUT2D eigenvalue weighted by atomic mass is 16.4. The monoisotopic (exact) mass is 179 g/mol. The number of carboxylic acid groups (broad SMARTS) is 1. The van der Waals surface area contributed by atoms with E-state index in [-0.39, 0.29) is 11.6 Å². The second-order valence-electron chi connectivity index (χ2n) is 3.12. The van der Waals surface area contributed by atoms with Gasteiger partial charge in [0.15, 0.2) is 0 Å². The fourth-order valence-corrected chi connectivity index (χ4v) is 1.17. The summed E-state index contributed by atoms with van der Waals surface area (Å²) >= 11 is 0. The van der Waals surface area contributed by atoms with Crippen LogP contribution in [0.25, 0.3) is 0 Å². The van der Waals surface area contributed by atoms with Crippen molar-refractivity contribution in [1.82, 2.24) is 9.97 Å². The predicted molar refractivity (Wildman–Crippen MR) is 45.4 cm³/mol. The average Bonchev–Trinajstić information content (AvgIpc) is 2.85. The van der Waals surface area contributed by atoms with Crippen LogP contribution in [-0.2, 0) is 0 Å². The molecular weight excluding hydrogens is 170 g/mol. The molecule has 0 aliphatic heterocycles. The van der Waals surface area contributed by atoms with Crippen LogP contribution in [0.3, 0.4) is 0 Å². The van der Waals surface area contributed by atoms with Gasteiger partial charge in [-0.1, -0.05) is 0 Å². The van der Waals surface area contributed by atoms with E-state index in [0.717, 1.165) is 18.5 Å². The number of carboxylic acids is 1. The summed E-state index contributed by atoms with van der Waals surface area (Å²) in [6, 6.07) is 1.64. The van der Waals surface area contributed by atoms with Crippen LogP contribution in [0.15, 0.2) is 6.07 Å². The number of hydrogen-bond acceptors (Lipinski definition) is 4. The number of nitrogen functional groups attached to an aromatic ring is 1. The van der Waals surface area contributed by atoms with Crippen LogP contribution in [0.1, 0.15) is 35.1 Å². The van der Waals surface area contributed by atoms with Crippen LogP contribution in [0.5, 0.6) is 0 Å². The zero-order valence-electron chi connectivity index (χ0n) is 6.90. The van der Waals surface area contributed by atoms with E-state index in [0.29, 0.717) is 5.92 Å².